The monoisotopic (exact) mass is 338 g/mol. The Morgan fingerprint density at radius 3 is 2.60 bits per heavy atom. The maximum Gasteiger partial charge on any atom is 0.221 e. The standard InChI is InChI=1S/C21H26N2O2/c1-21(2,18-6-4-3-5-7-18)13-20(24)23-19-15-25-14-17(19)12-16-8-10-22-11-9-16/h3-11,17,19H,12-15H2,1-2H3,(H,23,24)/t17-,19+/m1/s1. The summed E-state index contributed by atoms with van der Waals surface area (Å²) in [5, 5.41) is 3.20. The van der Waals surface area contributed by atoms with E-state index in [1.54, 1.807) is 12.4 Å². The van der Waals surface area contributed by atoms with Crippen LogP contribution in [0.5, 0.6) is 0 Å². The van der Waals surface area contributed by atoms with Gasteiger partial charge in [-0.05, 0) is 35.1 Å². The Balaban J connectivity index is 1.58. The van der Waals surface area contributed by atoms with Gasteiger partial charge in [0.15, 0.2) is 0 Å². The van der Waals surface area contributed by atoms with Crippen molar-refractivity contribution in [1.82, 2.24) is 10.3 Å². The highest BCUT2D eigenvalue weighted by Crippen LogP contribution is 2.27. The van der Waals surface area contributed by atoms with Gasteiger partial charge in [0.05, 0.1) is 19.3 Å². The molecule has 1 aliphatic heterocycles. The lowest BCUT2D eigenvalue weighted by molar-refractivity contribution is -0.123. The molecule has 3 rings (SSSR count). The summed E-state index contributed by atoms with van der Waals surface area (Å²) >= 11 is 0. The second-order valence-corrected chi connectivity index (χ2v) is 7.46. The molecule has 0 bridgehead atoms. The predicted octanol–water partition coefficient (Wildman–Crippen LogP) is 3.12. The van der Waals surface area contributed by atoms with Gasteiger partial charge in [0.25, 0.3) is 0 Å². The summed E-state index contributed by atoms with van der Waals surface area (Å²) < 4.78 is 5.63. The van der Waals surface area contributed by atoms with Gasteiger partial charge in [-0.25, -0.2) is 0 Å². The van der Waals surface area contributed by atoms with E-state index in [1.165, 1.54) is 11.1 Å². The zero-order chi connectivity index (χ0) is 17.7. The number of hydrogen-bond acceptors (Lipinski definition) is 3. The molecule has 2 heterocycles. The molecule has 1 aromatic heterocycles. The van der Waals surface area contributed by atoms with Crippen molar-refractivity contribution in [3.63, 3.8) is 0 Å². The Morgan fingerprint density at radius 1 is 1.16 bits per heavy atom. The second kappa shape index (κ2) is 7.79. The highest BCUT2D eigenvalue weighted by atomic mass is 16.5. The first kappa shape index (κ1) is 17.6. The van der Waals surface area contributed by atoms with E-state index < -0.39 is 0 Å². The molecule has 1 aromatic carbocycles. The molecule has 2 aromatic rings. The maximum atomic E-state index is 12.6. The summed E-state index contributed by atoms with van der Waals surface area (Å²) in [7, 11) is 0. The molecule has 1 amide bonds. The molecule has 0 spiro atoms. The van der Waals surface area contributed by atoms with E-state index in [0.29, 0.717) is 25.6 Å². The van der Waals surface area contributed by atoms with Gasteiger partial charge in [-0.15, -0.1) is 0 Å². The van der Waals surface area contributed by atoms with Crippen LogP contribution in [0.15, 0.2) is 54.9 Å². The van der Waals surface area contributed by atoms with Crippen LogP contribution in [0.2, 0.25) is 0 Å². The largest absolute Gasteiger partial charge is 0.379 e. The van der Waals surface area contributed by atoms with Gasteiger partial charge in [0.1, 0.15) is 0 Å². The topological polar surface area (TPSA) is 51.2 Å². The number of rotatable bonds is 6. The average Bonchev–Trinajstić information content (AvgIpc) is 3.03. The van der Waals surface area contributed by atoms with Crippen molar-refractivity contribution in [3.05, 3.63) is 66.0 Å². The number of nitrogens with zero attached hydrogens (tertiary/aromatic N) is 1. The first-order valence-corrected chi connectivity index (χ1v) is 8.86. The average molecular weight is 338 g/mol. The molecule has 4 heteroatoms. The van der Waals surface area contributed by atoms with Gasteiger partial charge in [-0.1, -0.05) is 44.2 Å². The number of carbonyl (C=O) groups is 1. The summed E-state index contributed by atoms with van der Waals surface area (Å²) in [6.45, 7) is 5.51. The SMILES string of the molecule is CC(C)(CC(=O)N[C@H]1COC[C@H]1Cc1ccncc1)c1ccccc1. The summed E-state index contributed by atoms with van der Waals surface area (Å²) in [5.74, 6) is 0.398. The van der Waals surface area contributed by atoms with Gasteiger partial charge in [0, 0.05) is 24.7 Å². The lowest BCUT2D eigenvalue weighted by Gasteiger charge is -2.26. The quantitative estimate of drug-likeness (QED) is 0.880. The van der Waals surface area contributed by atoms with E-state index in [4.69, 9.17) is 4.74 Å². The molecule has 0 unspecified atom stereocenters. The molecule has 25 heavy (non-hydrogen) atoms. The van der Waals surface area contributed by atoms with E-state index in [2.05, 4.69) is 36.3 Å². The third-order valence-electron chi connectivity index (χ3n) is 4.95. The molecule has 0 radical (unpaired) electrons. The molecule has 0 saturated carbocycles. The van der Waals surface area contributed by atoms with Crippen molar-refractivity contribution in [2.24, 2.45) is 5.92 Å². The molecule has 0 aliphatic carbocycles. The zero-order valence-corrected chi connectivity index (χ0v) is 14.9. The van der Waals surface area contributed by atoms with Crippen LogP contribution in [0.3, 0.4) is 0 Å². The molecule has 1 N–H and O–H groups in total. The van der Waals surface area contributed by atoms with E-state index >= 15 is 0 Å². The number of nitrogens with one attached hydrogen (secondary N) is 1. The molecule has 4 nitrogen and oxygen atoms in total. The third kappa shape index (κ3) is 4.67. The molecule has 132 valence electrons. The lowest BCUT2D eigenvalue weighted by Crippen LogP contribution is -2.42. The van der Waals surface area contributed by atoms with Crippen molar-refractivity contribution >= 4 is 5.91 Å². The Labute approximate surface area is 149 Å². The Morgan fingerprint density at radius 2 is 1.88 bits per heavy atom. The van der Waals surface area contributed by atoms with E-state index in [-0.39, 0.29) is 17.4 Å². The van der Waals surface area contributed by atoms with Gasteiger partial charge in [0.2, 0.25) is 5.91 Å². The predicted molar refractivity (Wildman–Crippen MR) is 98.3 cm³/mol. The summed E-state index contributed by atoms with van der Waals surface area (Å²) in [6.07, 6.45) is 4.98. The highest BCUT2D eigenvalue weighted by Gasteiger charge is 2.31. The van der Waals surface area contributed by atoms with Crippen molar-refractivity contribution < 1.29 is 9.53 Å². The smallest absolute Gasteiger partial charge is 0.221 e. The van der Waals surface area contributed by atoms with Crippen LogP contribution in [0.25, 0.3) is 0 Å². The van der Waals surface area contributed by atoms with E-state index in [1.807, 2.05) is 30.3 Å². The third-order valence-corrected chi connectivity index (χ3v) is 4.95. The van der Waals surface area contributed by atoms with Crippen molar-refractivity contribution in [2.45, 2.75) is 38.1 Å². The van der Waals surface area contributed by atoms with Crippen LogP contribution in [-0.4, -0.2) is 30.1 Å². The summed E-state index contributed by atoms with van der Waals surface area (Å²) in [5.41, 5.74) is 2.22. The van der Waals surface area contributed by atoms with Gasteiger partial charge >= 0.3 is 0 Å². The van der Waals surface area contributed by atoms with Crippen LogP contribution in [0.4, 0.5) is 0 Å². The molecule has 1 aliphatic rings. The molecule has 1 saturated heterocycles. The van der Waals surface area contributed by atoms with Crippen LogP contribution in [-0.2, 0) is 21.4 Å². The fourth-order valence-corrected chi connectivity index (χ4v) is 3.43. The Kier molecular flexibility index (Phi) is 5.49. The van der Waals surface area contributed by atoms with Crippen molar-refractivity contribution in [2.75, 3.05) is 13.2 Å². The first-order chi connectivity index (χ1) is 12.0. The zero-order valence-electron chi connectivity index (χ0n) is 14.9. The minimum absolute atomic E-state index is 0.0761. The van der Waals surface area contributed by atoms with Gasteiger partial charge < -0.3 is 10.1 Å². The van der Waals surface area contributed by atoms with Crippen LogP contribution in [0.1, 0.15) is 31.4 Å². The van der Waals surface area contributed by atoms with Crippen LogP contribution in [0, 0.1) is 5.92 Å². The molecule has 2 atom stereocenters. The second-order valence-electron chi connectivity index (χ2n) is 7.46. The first-order valence-electron chi connectivity index (χ1n) is 8.86. The summed E-state index contributed by atoms with van der Waals surface area (Å²) in [6, 6.07) is 14.3. The Hall–Kier alpha value is -2.20. The number of carbonyl (C=O) groups excluding carboxylic acids is 1. The highest BCUT2D eigenvalue weighted by molar-refractivity contribution is 5.78. The number of hydrogen-bond donors (Lipinski definition) is 1. The van der Waals surface area contributed by atoms with Crippen molar-refractivity contribution in [3.8, 4) is 0 Å². The number of aromatic nitrogens is 1. The normalized spacial score (nSPS) is 20.4. The number of pyridine rings is 1. The maximum absolute atomic E-state index is 12.6. The Bertz CT molecular complexity index is 686. The minimum atomic E-state index is -0.189. The van der Waals surface area contributed by atoms with Crippen LogP contribution >= 0.6 is 0 Å². The molecular formula is C21H26N2O2. The number of amides is 1. The minimum Gasteiger partial charge on any atom is -0.379 e. The van der Waals surface area contributed by atoms with E-state index in [0.717, 1.165) is 6.42 Å². The molecule has 1 fully saturated rings. The number of benzene rings is 1. The van der Waals surface area contributed by atoms with Crippen molar-refractivity contribution in [1.29, 1.82) is 0 Å². The van der Waals surface area contributed by atoms with Crippen LogP contribution < -0.4 is 5.32 Å². The van der Waals surface area contributed by atoms with E-state index in [9.17, 15) is 4.79 Å². The van der Waals surface area contributed by atoms with Gasteiger partial charge in [-0.3, -0.25) is 9.78 Å². The fourth-order valence-electron chi connectivity index (χ4n) is 3.43. The lowest BCUT2D eigenvalue weighted by atomic mass is 9.81. The summed E-state index contributed by atoms with van der Waals surface area (Å²) in [4.78, 5) is 16.7. The number of ether oxygens (including phenoxy) is 1. The fraction of sp³-hybridized carbons (Fsp3) is 0.429. The van der Waals surface area contributed by atoms with Gasteiger partial charge in [-0.2, -0.15) is 0 Å². The molecular weight excluding hydrogens is 312 g/mol.